The van der Waals surface area contributed by atoms with Crippen molar-refractivity contribution < 1.29 is 4.74 Å². The van der Waals surface area contributed by atoms with Crippen molar-refractivity contribution in [1.29, 1.82) is 0 Å². The molecule has 0 amide bonds. The van der Waals surface area contributed by atoms with Gasteiger partial charge in [0.25, 0.3) is 0 Å². The van der Waals surface area contributed by atoms with Gasteiger partial charge in [-0.1, -0.05) is 0 Å². The van der Waals surface area contributed by atoms with E-state index in [-0.39, 0.29) is 0 Å². The fraction of sp³-hybridized carbons (Fsp3) is 0.615. The molecule has 86 valence electrons. The Hall–Kier alpha value is -1.09. The van der Waals surface area contributed by atoms with E-state index >= 15 is 0 Å². The van der Waals surface area contributed by atoms with Crippen LogP contribution in [0.1, 0.15) is 24.8 Å². The lowest BCUT2D eigenvalue weighted by atomic mass is 10.1. The molecule has 1 aliphatic heterocycles. The van der Waals surface area contributed by atoms with Crippen LogP contribution in [0.4, 0.5) is 5.69 Å². The zero-order chi connectivity index (χ0) is 11.0. The predicted octanol–water partition coefficient (Wildman–Crippen LogP) is 2.37. The molecular weight excluding hydrogens is 200 g/mol. The summed E-state index contributed by atoms with van der Waals surface area (Å²) in [5, 5.41) is 3.62. The normalized spacial score (nSPS) is 29.3. The number of nitrogens with zero attached hydrogens (tertiary/aromatic N) is 1. The van der Waals surface area contributed by atoms with Gasteiger partial charge >= 0.3 is 0 Å². The molecule has 3 nitrogen and oxygen atoms in total. The van der Waals surface area contributed by atoms with Gasteiger partial charge in [-0.15, -0.1) is 0 Å². The van der Waals surface area contributed by atoms with Crippen LogP contribution in [0.5, 0.6) is 0 Å². The van der Waals surface area contributed by atoms with Crippen molar-refractivity contribution in [3.8, 4) is 0 Å². The Kier molecular flexibility index (Phi) is 2.56. The van der Waals surface area contributed by atoms with Crippen molar-refractivity contribution in [3.63, 3.8) is 0 Å². The molecule has 0 aromatic carbocycles. The molecule has 1 N–H and O–H groups in total. The van der Waals surface area contributed by atoms with Crippen molar-refractivity contribution in [2.24, 2.45) is 5.92 Å². The molecule has 1 aromatic rings. The minimum absolute atomic E-state index is 0.438. The smallest absolute Gasteiger partial charge is 0.0804 e. The summed E-state index contributed by atoms with van der Waals surface area (Å²) in [6.45, 7) is 3.00. The second kappa shape index (κ2) is 4.06. The van der Waals surface area contributed by atoms with E-state index in [1.807, 2.05) is 12.4 Å². The van der Waals surface area contributed by atoms with E-state index in [1.54, 1.807) is 0 Å². The number of rotatable bonds is 3. The van der Waals surface area contributed by atoms with Crippen LogP contribution in [0, 0.1) is 12.8 Å². The Morgan fingerprint density at radius 1 is 1.38 bits per heavy atom. The molecule has 1 saturated heterocycles. The minimum Gasteiger partial charge on any atom is -0.379 e. The fourth-order valence-corrected chi connectivity index (χ4v) is 2.49. The molecule has 1 aromatic heterocycles. The lowest BCUT2D eigenvalue weighted by Crippen LogP contribution is -2.31. The molecule has 0 spiro atoms. The summed E-state index contributed by atoms with van der Waals surface area (Å²) in [5.74, 6) is 0.808. The van der Waals surface area contributed by atoms with E-state index < -0.39 is 0 Å². The van der Waals surface area contributed by atoms with Gasteiger partial charge in [0.05, 0.1) is 12.1 Å². The summed E-state index contributed by atoms with van der Waals surface area (Å²) in [6, 6.07) is 2.55. The molecule has 2 atom stereocenters. The molecule has 2 unspecified atom stereocenters. The van der Waals surface area contributed by atoms with Crippen LogP contribution in [-0.4, -0.2) is 23.7 Å². The van der Waals surface area contributed by atoms with E-state index in [2.05, 4.69) is 23.3 Å². The number of aromatic nitrogens is 1. The van der Waals surface area contributed by atoms with Crippen LogP contribution in [0.15, 0.2) is 18.5 Å². The van der Waals surface area contributed by atoms with Crippen LogP contribution >= 0.6 is 0 Å². The van der Waals surface area contributed by atoms with Crippen molar-refractivity contribution in [2.75, 3.05) is 11.9 Å². The zero-order valence-electron chi connectivity index (χ0n) is 9.65. The highest BCUT2D eigenvalue weighted by Crippen LogP contribution is 2.39. The summed E-state index contributed by atoms with van der Waals surface area (Å²) in [7, 11) is 0. The Labute approximate surface area is 96.2 Å². The Morgan fingerprint density at radius 2 is 2.25 bits per heavy atom. The van der Waals surface area contributed by atoms with Gasteiger partial charge in [-0.25, -0.2) is 0 Å². The quantitative estimate of drug-likeness (QED) is 0.845. The third-order valence-electron chi connectivity index (χ3n) is 3.58. The lowest BCUT2D eigenvalue weighted by Gasteiger charge is -2.21. The number of aryl methyl sites for hydroxylation is 1. The van der Waals surface area contributed by atoms with Crippen LogP contribution in [-0.2, 0) is 4.74 Å². The standard InChI is InChI=1S/C13H18N2O/c1-9-8-14-6-4-11(9)15-12-5-7-16-13(12)10-2-3-10/h4,6,8,10,12-13H,2-3,5,7H2,1H3,(H,14,15). The maximum Gasteiger partial charge on any atom is 0.0804 e. The van der Waals surface area contributed by atoms with Crippen molar-refractivity contribution in [1.82, 2.24) is 4.98 Å². The molecule has 2 fully saturated rings. The highest BCUT2D eigenvalue weighted by atomic mass is 16.5. The van der Waals surface area contributed by atoms with Gasteiger partial charge in [-0.2, -0.15) is 0 Å². The van der Waals surface area contributed by atoms with Crippen LogP contribution in [0.25, 0.3) is 0 Å². The molecule has 16 heavy (non-hydrogen) atoms. The molecule has 2 heterocycles. The molecular formula is C13H18N2O. The monoisotopic (exact) mass is 218 g/mol. The number of hydrogen-bond donors (Lipinski definition) is 1. The van der Waals surface area contributed by atoms with Crippen LogP contribution in [0.3, 0.4) is 0 Å². The molecule has 0 radical (unpaired) electrons. The maximum absolute atomic E-state index is 5.82. The van der Waals surface area contributed by atoms with Gasteiger partial charge in [0.2, 0.25) is 0 Å². The number of ether oxygens (including phenoxy) is 1. The van der Waals surface area contributed by atoms with Crippen molar-refractivity contribution in [3.05, 3.63) is 24.0 Å². The van der Waals surface area contributed by atoms with Gasteiger partial charge in [0.1, 0.15) is 0 Å². The minimum atomic E-state index is 0.438. The summed E-state index contributed by atoms with van der Waals surface area (Å²) < 4.78 is 5.82. The first kappa shape index (κ1) is 10.1. The van der Waals surface area contributed by atoms with Gasteiger partial charge in [-0.3, -0.25) is 4.98 Å². The fourth-order valence-electron chi connectivity index (χ4n) is 2.49. The molecule has 0 bridgehead atoms. The van der Waals surface area contributed by atoms with E-state index in [9.17, 15) is 0 Å². The summed E-state index contributed by atoms with van der Waals surface area (Å²) >= 11 is 0. The molecule has 3 rings (SSSR count). The first-order valence-electron chi connectivity index (χ1n) is 6.13. The summed E-state index contributed by atoms with van der Waals surface area (Å²) in [6.07, 6.45) is 8.01. The molecule has 1 saturated carbocycles. The maximum atomic E-state index is 5.82. The third kappa shape index (κ3) is 1.92. The molecule has 2 aliphatic rings. The summed E-state index contributed by atoms with van der Waals surface area (Å²) in [5.41, 5.74) is 2.42. The second-order valence-electron chi connectivity index (χ2n) is 4.90. The zero-order valence-corrected chi connectivity index (χ0v) is 9.65. The highest BCUT2D eigenvalue weighted by Gasteiger charge is 2.40. The first-order chi connectivity index (χ1) is 7.84. The number of nitrogens with one attached hydrogen (secondary N) is 1. The van der Waals surface area contributed by atoms with E-state index in [0.717, 1.165) is 18.9 Å². The third-order valence-corrected chi connectivity index (χ3v) is 3.58. The van der Waals surface area contributed by atoms with Gasteiger partial charge in [0, 0.05) is 24.7 Å². The predicted molar refractivity (Wildman–Crippen MR) is 63.5 cm³/mol. The molecule has 1 aliphatic carbocycles. The Bertz CT molecular complexity index is 376. The highest BCUT2D eigenvalue weighted by molar-refractivity contribution is 5.49. The van der Waals surface area contributed by atoms with Crippen LogP contribution < -0.4 is 5.32 Å². The Morgan fingerprint density at radius 3 is 3.00 bits per heavy atom. The van der Waals surface area contributed by atoms with E-state index in [0.29, 0.717) is 12.1 Å². The van der Waals surface area contributed by atoms with Gasteiger partial charge in [-0.05, 0) is 43.7 Å². The number of pyridine rings is 1. The SMILES string of the molecule is Cc1cnccc1NC1CCOC1C1CC1. The van der Waals surface area contributed by atoms with Gasteiger partial charge < -0.3 is 10.1 Å². The number of anilines is 1. The average molecular weight is 218 g/mol. The van der Waals surface area contributed by atoms with Crippen molar-refractivity contribution in [2.45, 2.75) is 38.3 Å². The average Bonchev–Trinajstić information content (AvgIpc) is 3.03. The lowest BCUT2D eigenvalue weighted by molar-refractivity contribution is 0.0898. The van der Waals surface area contributed by atoms with Crippen molar-refractivity contribution >= 4 is 5.69 Å². The summed E-state index contributed by atoms with van der Waals surface area (Å²) in [4.78, 5) is 4.11. The second-order valence-corrected chi connectivity index (χ2v) is 4.90. The largest absolute Gasteiger partial charge is 0.379 e. The van der Waals surface area contributed by atoms with Gasteiger partial charge in [0.15, 0.2) is 0 Å². The van der Waals surface area contributed by atoms with Crippen LogP contribution in [0.2, 0.25) is 0 Å². The topological polar surface area (TPSA) is 34.2 Å². The van der Waals surface area contributed by atoms with E-state index in [1.165, 1.54) is 24.1 Å². The number of hydrogen-bond acceptors (Lipinski definition) is 3. The first-order valence-corrected chi connectivity index (χ1v) is 6.13. The Balaban J connectivity index is 1.71. The molecule has 3 heteroatoms. The van der Waals surface area contributed by atoms with E-state index in [4.69, 9.17) is 4.74 Å².